The Kier molecular flexibility index (Phi) is 10.3. The van der Waals surface area contributed by atoms with E-state index in [2.05, 4.69) is 69.5 Å². The predicted molar refractivity (Wildman–Crippen MR) is 184 cm³/mol. The molecular weight excluding hydrogens is 574 g/mol. The Morgan fingerprint density at radius 2 is 1.80 bits per heavy atom. The second kappa shape index (κ2) is 14.6. The first-order chi connectivity index (χ1) is 22.4. The number of rotatable bonds is 13. The molecule has 3 aromatic rings. The normalized spacial score (nSPS) is 19.6. The lowest BCUT2D eigenvalue weighted by atomic mass is 9.68. The van der Waals surface area contributed by atoms with Crippen LogP contribution < -0.4 is 15.8 Å². The molecule has 2 amide bonds. The van der Waals surface area contributed by atoms with Crippen LogP contribution in [-0.2, 0) is 28.0 Å². The molecule has 1 aromatic heterocycles. The monoisotopic (exact) mass is 627 g/mol. The smallest absolute Gasteiger partial charge is 0.225 e. The molecule has 248 valence electrons. The Bertz CT molecular complexity index is 1500. The minimum Gasteiger partial charge on any atom is -0.497 e. The molecule has 2 fully saturated rings. The molecular formula is C38H53N5O3. The summed E-state index contributed by atoms with van der Waals surface area (Å²) < 4.78 is 5.58. The Hall–Kier alpha value is -3.36. The average Bonchev–Trinajstić information content (AvgIpc) is 3.44. The Labute approximate surface area is 274 Å². The highest BCUT2D eigenvalue weighted by molar-refractivity contribution is 5.88. The van der Waals surface area contributed by atoms with Crippen molar-refractivity contribution in [2.75, 3.05) is 39.8 Å². The second-order valence-electron chi connectivity index (χ2n) is 14.0. The molecule has 2 aromatic carbocycles. The molecule has 3 aliphatic rings. The van der Waals surface area contributed by atoms with Gasteiger partial charge in [0.2, 0.25) is 11.8 Å². The largest absolute Gasteiger partial charge is 0.497 e. The molecule has 4 N–H and O–H groups in total. The number of likely N-dealkylation sites (tertiary alicyclic amines) is 1. The van der Waals surface area contributed by atoms with Gasteiger partial charge in [-0.05, 0) is 87.2 Å². The van der Waals surface area contributed by atoms with Gasteiger partial charge in [-0.2, -0.15) is 0 Å². The number of nitrogens with one attached hydrogen (secondary N) is 2. The van der Waals surface area contributed by atoms with Gasteiger partial charge < -0.3 is 25.7 Å². The summed E-state index contributed by atoms with van der Waals surface area (Å²) in [6.45, 7) is 7.20. The molecule has 1 saturated heterocycles. The summed E-state index contributed by atoms with van der Waals surface area (Å²) >= 11 is 0. The van der Waals surface area contributed by atoms with Crippen LogP contribution in [0.4, 0.5) is 0 Å². The molecule has 6 rings (SSSR count). The van der Waals surface area contributed by atoms with E-state index in [1.54, 1.807) is 7.11 Å². The number of aromatic amines is 1. The van der Waals surface area contributed by atoms with Gasteiger partial charge in [-0.3, -0.25) is 14.5 Å². The Morgan fingerprint density at radius 3 is 2.52 bits per heavy atom. The van der Waals surface area contributed by atoms with Gasteiger partial charge in [0.15, 0.2) is 0 Å². The van der Waals surface area contributed by atoms with Crippen molar-refractivity contribution in [3.05, 3.63) is 64.8 Å². The maximum Gasteiger partial charge on any atom is 0.225 e. The van der Waals surface area contributed by atoms with Crippen LogP contribution in [0.2, 0.25) is 0 Å². The van der Waals surface area contributed by atoms with Crippen molar-refractivity contribution in [3.63, 3.8) is 0 Å². The van der Waals surface area contributed by atoms with Gasteiger partial charge in [-0.1, -0.05) is 43.5 Å². The first-order valence-corrected chi connectivity index (χ1v) is 17.7. The molecule has 0 bridgehead atoms. The fourth-order valence-corrected chi connectivity index (χ4v) is 8.03. The van der Waals surface area contributed by atoms with E-state index in [1.165, 1.54) is 34.2 Å². The number of H-pyrrole nitrogens is 1. The number of nitrogens with zero attached hydrogens (tertiary/aromatic N) is 2. The minimum atomic E-state index is -0.0376. The number of aryl methyl sites for hydroxylation is 1. The molecule has 1 saturated carbocycles. The van der Waals surface area contributed by atoms with E-state index in [4.69, 9.17) is 10.5 Å². The number of ether oxygens (including phenoxy) is 1. The molecule has 3 heterocycles. The van der Waals surface area contributed by atoms with Gasteiger partial charge >= 0.3 is 0 Å². The zero-order valence-corrected chi connectivity index (χ0v) is 27.9. The number of aromatic nitrogens is 1. The molecule has 0 radical (unpaired) electrons. The fraction of sp³-hybridized carbons (Fsp3) is 0.579. The van der Waals surface area contributed by atoms with Gasteiger partial charge in [-0.25, -0.2) is 0 Å². The summed E-state index contributed by atoms with van der Waals surface area (Å²) in [6.07, 6.45) is 10.7. The van der Waals surface area contributed by atoms with Gasteiger partial charge in [-0.15, -0.1) is 0 Å². The zero-order chi connectivity index (χ0) is 32.1. The molecule has 1 unspecified atom stereocenters. The van der Waals surface area contributed by atoms with Crippen molar-refractivity contribution in [2.45, 2.75) is 95.6 Å². The van der Waals surface area contributed by atoms with E-state index < -0.39 is 0 Å². The van der Waals surface area contributed by atoms with Crippen LogP contribution >= 0.6 is 0 Å². The van der Waals surface area contributed by atoms with Crippen molar-refractivity contribution in [1.29, 1.82) is 0 Å². The summed E-state index contributed by atoms with van der Waals surface area (Å²) in [5, 5.41) is 4.40. The molecule has 46 heavy (non-hydrogen) atoms. The van der Waals surface area contributed by atoms with Crippen molar-refractivity contribution in [1.82, 2.24) is 20.1 Å². The number of carbonyl (C=O) groups excluding carboxylic acids is 2. The first kappa shape index (κ1) is 32.6. The van der Waals surface area contributed by atoms with Gasteiger partial charge in [0, 0.05) is 79.2 Å². The topological polar surface area (TPSA) is 104 Å². The predicted octanol–water partition coefficient (Wildman–Crippen LogP) is 5.98. The molecule has 1 aliphatic carbocycles. The number of amides is 2. The molecule has 8 heteroatoms. The summed E-state index contributed by atoms with van der Waals surface area (Å²) in [6, 6.07) is 15.2. The zero-order valence-electron chi connectivity index (χ0n) is 27.9. The quantitative estimate of drug-likeness (QED) is 0.202. The second-order valence-corrected chi connectivity index (χ2v) is 14.0. The number of benzene rings is 2. The minimum absolute atomic E-state index is 0.0376. The number of hydrogen-bond donors (Lipinski definition) is 3. The van der Waals surface area contributed by atoms with Crippen molar-refractivity contribution in [2.24, 2.45) is 11.7 Å². The number of carbonyl (C=O) groups is 2. The van der Waals surface area contributed by atoms with Crippen LogP contribution in [0.1, 0.15) is 99.6 Å². The number of hydrogen-bond acceptors (Lipinski definition) is 5. The van der Waals surface area contributed by atoms with Crippen LogP contribution in [0, 0.1) is 5.92 Å². The third-order valence-electron chi connectivity index (χ3n) is 11.1. The first-order valence-electron chi connectivity index (χ1n) is 17.7. The van der Waals surface area contributed by atoms with Crippen LogP contribution in [0.3, 0.4) is 0 Å². The van der Waals surface area contributed by atoms with Gasteiger partial charge in [0.1, 0.15) is 5.75 Å². The summed E-state index contributed by atoms with van der Waals surface area (Å²) in [5.74, 6) is 1.60. The van der Waals surface area contributed by atoms with Gasteiger partial charge in [0.25, 0.3) is 0 Å². The van der Waals surface area contributed by atoms with Gasteiger partial charge in [0.05, 0.1) is 7.11 Å². The standard InChI is InChI=1S/C38H53N5O3/c1-27-36-35(32-16-15-31(46-2)24-33(32)41-36)38(18-22-42(23-19-38)37(45)29-12-9-13-29)26-43(27)25-30-11-6-5-10-28(30)14-17-34(44)40-21-8-4-3-7-20-39/h5-6,10-11,15-16,24,27,29,41H,3-4,7-9,12-14,17-23,25-26,39H2,1-2H3,(H,40,44). The van der Waals surface area contributed by atoms with Crippen LogP contribution in [0.15, 0.2) is 42.5 Å². The highest BCUT2D eigenvalue weighted by atomic mass is 16.5. The van der Waals surface area contributed by atoms with E-state index in [1.807, 2.05) is 0 Å². The Morgan fingerprint density at radius 1 is 1.04 bits per heavy atom. The van der Waals surface area contributed by atoms with E-state index >= 15 is 0 Å². The number of piperidine rings is 1. The summed E-state index contributed by atoms with van der Waals surface area (Å²) in [7, 11) is 1.72. The van der Waals surface area contributed by atoms with E-state index in [9.17, 15) is 9.59 Å². The maximum absolute atomic E-state index is 13.2. The third kappa shape index (κ3) is 6.84. The maximum atomic E-state index is 13.2. The van der Waals surface area contributed by atoms with Crippen LogP contribution in [0.5, 0.6) is 5.75 Å². The van der Waals surface area contributed by atoms with E-state index in [0.29, 0.717) is 12.3 Å². The Balaban J connectivity index is 1.19. The van der Waals surface area contributed by atoms with Crippen LogP contribution in [-0.4, -0.2) is 66.4 Å². The van der Waals surface area contributed by atoms with Crippen molar-refractivity contribution >= 4 is 22.7 Å². The van der Waals surface area contributed by atoms with Crippen LogP contribution in [0.25, 0.3) is 10.9 Å². The lowest BCUT2D eigenvalue weighted by Crippen LogP contribution is -2.54. The fourth-order valence-electron chi connectivity index (χ4n) is 8.03. The highest BCUT2D eigenvalue weighted by Gasteiger charge is 2.47. The number of methoxy groups -OCH3 is 1. The van der Waals surface area contributed by atoms with E-state index in [-0.39, 0.29) is 23.3 Å². The lowest BCUT2D eigenvalue weighted by Gasteiger charge is -2.50. The number of nitrogens with two attached hydrogens (primary N) is 1. The lowest BCUT2D eigenvalue weighted by molar-refractivity contribution is -0.140. The average molecular weight is 628 g/mol. The third-order valence-corrected chi connectivity index (χ3v) is 11.1. The SMILES string of the molecule is COc1ccc2c3c([nH]c2c1)C(C)N(Cc1ccccc1CCC(=O)NCCCCCCN)CC31CCN(C(=O)C2CCC2)CC1. The van der Waals surface area contributed by atoms with E-state index in [0.717, 1.165) is 108 Å². The number of fused-ring (bicyclic) bond motifs is 4. The van der Waals surface area contributed by atoms with Crippen molar-refractivity contribution < 1.29 is 14.3 Å². The summed E-state index contributed by atoms with van der Waals surface area (Å²) in [5.41, 5.74) is 11.9. The molecule has 1 spiro atoms. The number of unbranched alkanes of at least 4 members (excludes halogenated alkanes) is 3. The molecule has 2 aliphatic heterocycles. The van der Waals surface area contributed by atoms with Crippen molar-refractivity contribution in [3.8, 4) is 5.75 Å². The molecule has 1 atom stereocenters. The highest BCUT2D eigenvalue weighted by Crippen LogP contribution is 2.49. The summed E-state index contributed by atoms with van der Waals surface area (Å²) in [4.78, 5) is 34.5. The molecule has 8 nitrogen and oxygen atoms in total.